The number of alkyl halides is 3. The second kappa shape index (κ2) is 7.73. The molecule has 0 saturated heterocycles. The summed E-state index contributed by atoms with van der Waals surface area (Å²) in [6.45, 7) is -0.868. The Hall–Kier alpha value is -2.97. The van der Waals surface area contributed by atoms with Crippen LogP contribution in [0.2, 0.25) is 0 Å². The van der Waals surface area contributed by atoms with Gasteiger partial charge < -0.3 is 10.1 Å². The molecular weight excluding hydrogens is 344 g/mol. The van der Waals surface area contributed by atoms with Crippen LogP contribution in [0.1, 0.15) is 21.5 Å². The maximum absolute atomic E-state index is 13.0. The first kappa shape index (κ1) is 18.4. The standard InChI is InChI=1S/C16H12F4N2O3/c17-11-3-1-2-10(6-11)9-25-14(23)8-22-15(24)12-7-21-5-4-13(12)16(18,19)20/h1-7H,8-9H2,(H,22,24). The number of carbonyl (C=O) groups excluding carboxylic acids is 2. The molecule has 1 amide bonds. The van der Waals surface area contributed by atoms with Gasteiger partial charge in [-0.2, -0.15) is 13.2 Å². The fourth-order valence-electron chi connectivity index (χ4n) is 1.91. The van der Waals surface area contributed by atoms with Crippen molar-refractivity contribution in [1.29, 1.82) is 0 Å². The molecule has 0 bridgehead atoms. The minimum Gasteiger partial charge on any atom is -0.460 e. The summed E-state index contributed by atoms with van der Waals surface area (Å²) in [5, 5.41) is 2.03. The van der Waals surface area contributed by atoms with Gasteiger partial charge in [-0.1, -0.05) is 12.1 Å². The molecule has 25 heavy (non-hydrogen) atoms. The van der Waals surface area contributed by atoms with Crippen molar-refractivity contribution >= 4 is 11.9 Å². The van der Waals surface area contributed by atoms with Crippen LogP contribution in [0.3, 0.4) is 0 Å². The molecule has 9 heteroatoms. The molecule has 0 unspecified atom stereocenters. The van der Waals surface area contributed by atoms with E-state index in [-0.39, 0.29) is 6.61 Å². The summed E-state index contributed by atoms with van der Waals surface area (Å²) >= 11 is 0. The molecule has 1 aromatic heterocycles. The lowest BCUT2D eigenvalue weighted by Gasteiger charge is -2.12. The van der Waals surface area contributed by atoms with Crippen LogP contribution in [0.5, 0.6) is 0 Å². The second-order valence-electron chi connectivity index (χ2n) is 4.89. The number of nitrogens with zero attached hydrogens (tertiary/aromatic N) is 1. The van der Waals surface area contributed by atoms with Gasteiger partial charge in [0, 0.05) is 12.4 Å². The lowest BCUT2D eigenvalue weighted by atomic mass is 10.1. The third-order valence-corrected chi connectivity index (χ3v) is 3.05. The smallest absolute Gasteiger partial charge is 0.417 e. The van der Waals surface area contributed by atoms with Crippen LogP contribution in [0.15, 0.2) is 42.7 Å². The summed E-state index contributed by atoms with van der Waals surface area (Å²) in [6, 6.07) is 6.01. The predicted molar refractivity (Wildman–Crippen MR) is 77.8 cm³/mol. The van der Waals surface area contributed by atoms with Crippen molar-refractivity contribution in [3.8, 4) is 0 Å². The van der Waals surface area contributed by atoms with E-state index < -0.39 is 41.5 Å². The maximum Gasteiger partial charge on any atom is 0.417 e. The number of ether oxygens (including phenoxy) is 1. The van der Waals surface area contributed by atoms with E-state index in [4.69, 9.17) is 4.74 Å². The average molecular weight is 356 g/mol. The lowest BCUT2D eigenvalue weighted by molar-refractivity contribution is -0.143. The Balaban J connectivity index is 1.91. The molecule has 0 saturated carbocycles. The average Bonchev–Trinajstić information content (AvgIpc) is 2.57. The molecule has 1 aromatic carbocycles. The van der Waals surface area contributed by atoms with E-state index in [2.05, 4.69) is 4.98 Å². The Morgan fingerprint density at radius 2 is 1.96 bits per heavy atom. The van der Waals surface area contributed by atoms with Crippen molar-refractivity contribution in [2.75, 3.05) is 6.54 Å². The summed E-state index contributed by atoms with van der Waals surface area (Å²) in [5.41, 5.74) is -1.47. The number of benzene rings is 1. The van der Waals surface area contributed by atoms with Gasteiger partial charge in [0.2, 0.25) is 0 Å². The first-order chi connectivity index (χ1) is 11.8. The van der Waals surface area contributed by atoms with Gasteiger partial charge in [0.1, 0.15) is 19.0 Å². The van der Waals surface area contributed by atoms with Crippen LogP contribution in [0, 0.1) is 5.82 Å². The number of hydrogen-bond donors (Lipinski definition) is 1. The van der Waals surface area contributed by atoms with E-state index in [9.17, 15) is 27.2 Å². The Morgan fingerprint density at radius 3 is 2.64 bits per heavy atom. The number of hydrogen-bond acceptors (Lipinski definition) is 4. The van der Waals surface area contributed by atoms with Gasteiger partial charge in [-0.3, -0.25) is 14.6 Å². The molecule has 132 valence electrons. The largest absolute Gasteiger partial charge is 0.460 e. The first-order valence-corrected chi connectivity index (χ1v) is 6.97. The second-order valence-corrected chi connectivity index (χ2v) is 4.89. The molecule has 0 spiro atoms. The molecule has 0 aliphatic rings. The number of aromatic nitrogens is 1. The van der Waals surface area contributed by atoms with E-state index >= 15 is 0 Å². The molecule has 2 rings (SSSR count). The minimum absolute atomic E-state index is 0.229. The van der Waals surface area contributed by atoms with Crippen LogP contribution in [-0.2, 0) is 22.3 Å². The molecule has 5 nitrogen and oxygen atoms in total. The highest BCUT2D eigenvalue weighted by atomic mass is 19.4. The van der Waals surface area contributed by atoms with Crippen LogP contribution < -0.4 is 5.32 Å². The van der Waals surface area contributed by atoms with E-state index in [1.54, 1.807) is 0 Å². The zero-order chi connectivity index (χ0) is 18.4. The van der Waals surface area contributed by atoms with E-state index in [0.717, 1.165) is 18.5 Å². The van der Waals surface area contributed by atoms with Crippen LogP contribution in [0.25, 0.3) is 0 Å². The van der Waals surface area contributed by atoms with Gasteiger partial charge in [-0.15, -0.1) is 0 Å². The van der Waals surface area contributed by atoms with Crippen LogP contribution >= 0.6 is 0 Å². The first-order valence-electron chi connectivity index (χ1n) is 6.97. The SMILES string of the molecule is O=C(CNC(=O)c1cnccc1C(F)(F)F)OCc1cccc(F)c1. The highest BCUT2D eigenvalue weighted by molar-refractivity contribution is 5.97. The Bertz CT molecular complexity index is 778. The summed E-state index contributed by atoms with van der Waals surface area (Å²) in [4.78, 5) is 26.9. The number of esters is 1. The number of nitrogens with one attached hydrogen (secondary N) is 1. The molecule has 0 aliphatic heterocycles. The van der Waals surface area contributed by atoms with Gasteiger partial charge in [-0.05, 0) is 23.8 Å². The van der Waals surface area contributed by atoms with Crippen molar-refractivity contribution in [1.82, 2.24) is 10.3 Å². The molecule has 1 heterocycles. The fourth-order valence-corrected chi connectivity index (χ4v) is 1.91. The van der Waals surface area contributed by atoms with Crippen molar-refractivity contribution < 1.29 is 31.9 Å². The topological polar surface area (TPSA) is 68.3 Å². The normalized spacial score (nSPS) is 11.0. The summed E-state index contributed by atoms with van der Waals surface area (Å²) in [5.74, 6) is -2.49. The highest BCUT2D eigenvalue weighted by Gasteiger charge is 2.35. The zero-order valence-corrected chi connectivity index (χ0v) is 12.6. The Kier molecular flexibility index (Phi) is 5.68. The van der Waals surface area contributed by atoms with Crippen molar-refractivity contribution in [2.45, 2.75) is 12.8 Å². The van der Waals surface area contributed by atoms with Gasteiger partial charge in [-0.25, -0.2) is 4.39 Å². The zero-order valence-electron chi connectivity index (χ0n) is 12.6. The van der Waals surface area contributed by atoms with E-state index in [1.807, 2.05) is 5.32 Å². The Labute approximate surface area is 139 Å². The third kappa shape index (κ3) is 5.27. The van der Waals surface area contributed by atoms with Gasteiger partial charge in [0.05, 0.1) is 11.1 Å². The molecule has 1 N–H and O–H groups in total. The predicted octanol–water partition coefficient (Wildman–Crippen LogP) is 2.71. The van der Waals surface area contributed by atoms with Crippen molar-refractivity contribution in [3.05, 3.63) is 65.2 Å². The Morgan fingerprint density at radius 1 is 1.20 bits per heavy atom. The molecular formula is C16H12F4N2O3. The monoisotopic (exact) mass is 356 g/mol. The lowest BCUT2D eigenvalue weighted by Crippen LogP contribution is -2.32. The number of amides is 1. The molecule has 0 fully saturated rings. The molecule has 0 radical (unpaired) electrons. The highest BCUT2D eigenvalue weighted by Crippen LogP contribution is 2.31. The summed E-state index contributed by atoms with van der Waals surface area (Å²) in [6.07, 6.45) is -3.06. The summed E-state index contributed by atoms with van der Waals surface area (Å²) < 4.78 is 56.2. The summed E-state index contributed by atoms with van der Waals surface area (Å²) in [7, 11) is 0. The minimum atomic E-state index is -4.73. The quantitative estimate of drug-likeness (QED) is 0.661. The van der Waals surface area contributed by atoms with Gasteiger partial charge >= 0.3 is 12.1 Å². The van der Waals surface area contributed by atoms with Crippen molar-refractivity contribution in [2.24, 2.45) is 0 Å². The number of pyridine rings is 1. The van der Waals surface area contributed by atoms with Gasteiger partial charge in [0.25, 0.3) is 5.91 Å². The number of carbonyl (C=O) groups is 2. The van der Waals surface area contributed by atoms with Gasteiger partial charge in [0.15, 0.2) is 0 Å². The van der Waals surface area contributed by atoms with Crippen LogP contribution in [-0.4, -0.2) is 23.4 Å². The van der Waals surface area contributed by atoms with Crippen molar-refractivity contribution in [3.63, 3.8) is 0 Å². The van der Waals surface area contributed by atoms with E-state index in [0.29, 0.717) is 11.6 Å². The maximum atomic E-state index is 13.0. The van der Waals surface area contributed by atoms with Crippen LogP contribution in [0.4, 0.5) is 17.6 Å². The number of rotatable bonds is 5. The number of halogens is 4. The molecule has 0 aliphatic carbocycles. The molecule has 2 aromatic rings. The molecule has 0 atom stereocenters. The van der Waals surface area contributed by atoms with E-state index in [1.165, 1.54) is 18.2 Å². The third-order valence-electron chi connectivity index (χ3n) is 3.05. The fraction of sp³-hybridized carbons (Fsp3) is 0.188.